The summed E-state index contributed by atoms with van der Waals surface area (Å²) < 4.78 is 12.2. The molecule has 8 nitrogen and oxygen atoms in total. The summed E-state index contributed by atoms with van der Waals surface area (Å²) in [6, 6.07) is 7.67. The van der Waals surface area contributed by atoms with E-state index in [-0.39, 0.29) is 11.2 Å². The smallest absolute Gasteiger partial charge is 0.332 e. The number of nitrogens with zero attached hydrogens (tertiary/aromatic N) is 5. The first kappa shape index (κ1) is 20.0. The average molecular weight is 409 g/mol. The summed E-state index contributed by atoms with van der Waals surface area (Å²) in [6.45, 7) is 8.48. The van der Waals surface area contributed by atoms with Gasteiger partial charge in [-0.3, -0.25) is 22.9 Å². The lowest BCUT2D eigenvalue weighted by Crippen LogP contribution is -2.39. The fourth-order valence-corrected chi connectivity index (χ4v) is 3.94. The van der Waals surface area contributed by atoms with Crippen LogP contribution >= 0.6 is 0 Å². The fourth-order valence-electron chi connectivity index (χ4n) is 3.94. The molecule has 0 spiro atoms. The minimum atomic E-state index is -0.341. The Hall–Kier alpha value is -3.29. The van der Waals surface area contributed by atoms with Gasteiger partial charge < -0.3 is 4.74 Å². The summed E-state index contributed by atoms with van der Waals surface area (Å²) in [5.41, 5.74) is 2.83. The summed E-state index contributed by atoms with van der Waals surface area (Å²) >= 11 is 0. The molecule has 0 fully saturated rings. The second kappa shape index (κ2) is 7.19. The quantitative estimate of drug-likeness (QED) is 0.508. The number of hydrogen-bond acceptors (Lipinski definition) is 4. The van der Waals surface area contributed by atoms with Crippen LogP contribution in [0.2, 0.25) is 0 Å². The van der Waals surface area contributed by atoms with Crippen LogP contribution in [0.15, 0.2) is 33.9 Å². The Morgan fingerprint density at radius 1 is 1.10 bits per heavy atom. The SMILES string of the molecule is COc1ccccc1-n1c(C)c(C)n2c3c(=O)n(CCC(C)C)c(=O)n(C)c3nc12. The largest absolute Gasteiger partial charge is 0.495 e. The van der Waals surface area contributed by atoms with Gasteiger partial charge in [0.15, 0.2) is 11.2 Å². The average Bonchev–Trinajstić information content (AvgIpc) is 3.22. The molecule has 3 heterocycles. The standard InChI is InChI=1S/C22H27N5O3/c1-13(2)11-12-25-20(28)18-19(24(5)22(25)29)23-21-26(14(3)15(4)27(18)21)16-9-7-8-10-17(16)30-6/h7-10,13H,11-12H2,1-6H3. The molecule has 4 aromatic rings. The molecule has 0 amide bonds. The molecule has 0 aliphatic rings. The van der Waals surface area contributed by atoms with E-state index >= 15 is 0 Å². The van der Waals surface area contributed by atoms with Crippen molar-refractivity contribution in [2.24, 2.45) is 13.0 Å². The van der Waals surface area contributed by atoms with Crippen LogP contribution in [0.4, 0.5) is 0 Å². The van der Waals surface area contributed by atoms with E-state index in [0.29, 0.717) is 35.2 Å². The highest BCUT2D eigenvalue weighted by atomic mass is 16.5. The maximum absolute atomic E-state index is 13.4. The van der Waals surface area contributed by atoms with Gasteiger partial charge in [0.05, 0.1) is 12.8 Å². The van der Waals surface area contributed by atoms with Gasteiger partial charge >= 0.3 is 5.69 Å². The third kappa shape index (κ3) is 2.78. The Bertz CT molecular complexity index is 1380. The number of methoxy groups -OCH3 is 1. The Labute approximate surface area is 174 Å². The molecule has 0 aliphatic heterocycles. The van der Waals surface area contributed by atoms with Crippen molar-refractivity contribution in [3.63, 3.8) is 0 Å². The molecule has 1 aromatic carbocycles. The summed E-state index contributed by atoms with van der Waals surface area (Å²) in [5, 5.41) is 0. The van der Waals surface area contributed by atoms with Crippen LogP contribution < -0.4 is 16.0 Å². The van der Waals surface area contributed by atoms with E-state index in [1.54, 1.807) is 14.2 Å². The number of aromatic nitrogens is 5. The Morgan fingerprint density at radius 2 is 1.80 bits per heavy atom. The molecule has 4 rings (SSSR count). The Balaban J connectivity index is 2.12. The van der Waals surface area contributed by atoms with Gasteiger partial charge in [0.1, 0.15) is 5.75 Å². The first-order valence-electron chi connectivity index (χ1n) is 10.1. The molecule has 0 N–H and O–H groups in total. The van der Waals surface area contributed by atoms with Crippen molar-refractivity contribution in [3.8, 4) is 11.4 Å². The minimum absolute atomic E-state index is 0.304. The van der Waals surface area contributed by atoms with Crippen molar-refractivity contribution in [3.05, 3.63) is 56.5 Å². The molecule has 0 atom stereocenters. The Kier molecular flexibility index (Phi) is 4.80. The van der Waals surface area contributed by atoms with Gasteiger partial charge in [-0.1, -0.05) is 26.0 Å². The number of rotatable bonds is 5. The molecule has 0 saturated heterocycles. The highest BCUT2D eigenvalue weighted by molar-refractivity contribution is 5.77. The molecule has 158 valence electrons. The lowest BCUT2D eigenvalue weighted by Gasteiger charge is -2.11. The molecule has 3 aromatic heterocycles. The topological polar surface area (TPSA) is 75.5 Å². The maximum atomic E-state index is 13.4. The normalized spacial score (nSPS) is 11.8. The van der Waals surface area contributed by atoms with Crippen molar-refractivity contribution < 1.29 is 4.74 Å². The van der Waals surface area contributed by atoms with Crippen molar-refractivity contribution in [1.82, 2.24) is 23.1 Å². The van der Waals surface area contributed by atoms with Gasteiger partial charge in [-0.05, 0) is 38.3 Å². The van der Waals surface area contributed by atoms with Crippen LogP contribution in [0.1, 0.15) is 31.7 Å². The number of fused-ring (bicyclic) bond motifs is 3. The summed E-state index contributed by atoms with van der Waals surface area (Å²) in [7, 11) is 3.29. The predicted molar refractivity (Wildman–Crippen MR) is 117 cm³/mol. The monoisotopic (exact) mass is 409 g/mol. The van der Waals surface area contributed by atoms with Gasteiger partial charge in [-0.15, -0.1) is 0 Å². The van der Waals surface area contributed by atoms with Crippen LogP contribution in [0.25, 0.3) is 22.6 Å². The Morgan fingerprint density at radius 3 is 2.47 bits per heavy atom. The highest BCUT2D eigenvalue weighted by Gasteiger charge is 2.24. The second-order valence-corrected chi connectivity index (χ2v) is 8.08. The number of hydrogen-bond donors (Lipinski definition) is 0. The lowest BCUT2D eigenvalue weighted by molar-refractivity contribution is 0.413. The van der Waals surface area contributed by atoms with E-state index in [0.717, 1.165) is 23.5 Å². The summed E-state index contributed by atoms with van der Waals surface area (Å²) in [4.78, 5) is 31.0. The van der Waals surface area contributed by atoms with Crippen molar-refractivity contribution in [1.29, 1.82) is 0 Å². The van der Waals surface area contributed by atoms with Gasteiger partial charge in [-0.2, -0.15) is 4.98 Å². The first-order valence-corrected chi connectivity index (χ1v) is 10.1. The van der Waals surface area contributed by atoms with Crippen molar-refractivity contribution >= 4 is 16.9 Å². The van der Waals surface area contributed by atoms with Gasteiger partial charge in [-0.25, -0.2) is 4.79 Å². The zero-order chi connectivity index (χ0) is 21.7. The molecular formula is C22H27N5O3. The third-order valence-electron chi connectivity index (χ3n) is 5.78. The molecule has 30 heavy (non-hydrogen) atoms. The van der Waals surface area contributed by atoms with Gasteiger partial charge in [0.2, 0.25) is 5.78 Å². The molecule has 0 saturated carbocycles. The number of aryl methyl sites for hydroxylation is 2. The molecule has 0 aliphatic carbocycles. The minimum Gasteiger partial charge on any atom is -0.495 e. The second-order valence-electron chi connectivity index (χ2n) is 8.08. The van der Waals surface area contributed by atoms with Gasteiger partial charge in [0.25, 0.3) is 5.56 Å². The highest BCUT2D eigenvalue weighted by Crippen LogP contribution is 2.29. The zero-order valence-electron chi connectivity index (χ0n) is 18.3. The molecule has 8 heteroatoms. The van der Waals surface area contributed by atoms with E-state index in [9.17, 15) is 9.59 Å². The fraction of sp³-hybridized carbons (Fsp3) is 0.409. The summed E-state index contributed by atoms with van der Waals surface area (Å²) in [6.07, 6.45) is 0.753. The van der Waals surface area contributed by atoms with Crippen molar-refractivity contribution in [2.75, 3.05) is 7.11 Å². The summed E-state index contributed by atoms with van der Waals surface area (Å²) in [5.74, 6) is 1.67. The van der Waals surface area contributed by atoms with Crippen LogP contribution in [-0.4, -0.2) is 30.2 Å². The third-order valence-corrected chi connectivity index (χ3v) is 5.78. The van der Waals surface area contributed by atoms with Crippen LogP contribution in [-0.2, 0) is 13.6 Å². The molecule has 0 unspecified atom stereocenters. The first-order chi connectivity index (χ1) is 14.3. The van der Waals surface area contributed by atoms with Crippen LogP contribution in [0, 0.1) is 19.8 Å². The van der Waals surface area contributed by atoms with E-state index in [2.05, 4.69) is 13.8 Å². The van der Waals surface area contributed by atoms with Gasteiger partial charge in [0, 0.05) is 25.0 Å². The number of imidazole rings is 2. The zero-order valence-corrected chi connectivity index (χ0v) is 18.3. The van der Waals surface area contributed by atoms with E-state index in [1.807, 2.05) is 47.1 Å². The van der Waals surface area contributed by atoms with E-state index in [1.165, 1.54) is 9.13 Å². The van der Waals surface area contributed by atoms with E-state index < -0.39 is 0 Å². The number of para-hydroxylation sites is 2. The number of benzene rings is 1. The van der Waals surface area contributed by atoms with Crippen LogP contribution in [0.3, 0.4) is 0 Å². The van der Waals surface area contributed by atoms with Crippen molar-refractivity contribution in [2.45, 2.75) is 40.7 Å². The lowest BCUT2D eigenvalue weighted by atomic mass is 10.1. The molecule has 0 radical (unpaired) electrons. The number of ether oxygens (including phenoxy) is 1. The maximum Gasteiger partial charge on any atom is 0.332 e. The predicted octanol–water partition coefficient (Wildman–Crippen LogP) is 2.81. The van der Waals surface area contributed by atoms with Crippen LogP contribution in [0.5, 0.6) is 5.75 Å². The molecule has 0 bridgehead atoms. The van der Waals surface area contributed by atoms with E-state index in [4.69, 9.17) is 9.72 Å². The molecular weight excluding hydrogens is 382 g/mol.